The van der Waals surface area contributed by atoms with Crippen molar-refractivity contribution in [3.05, 3.63) is 0 Å². The highest BCUT2D eigenvalue weighted by molar-refractivity contribution is 4.91. The van der Waals surface area contributed by atoms with Crippen LogP contribution in [0, 0.1) is 22.7 Å². The van der Waals surface area contributed by atoms with E-state index in [9.17, 15) is 0 Å². The number of rotatable bonds is 8. The van der Waals surface area contributed by atoms with E-state index in [1.807, 2.05) is 13.8 Å². The first-order valence-corrected chi connectivity index (χ1v) is 6.10. The van der Waals surface area contributed by atoms with Crippen LogP contribution in [0.5, 0.6) is 0 Å². The van der Waals surface area contributed by atoms with Gasteiger partial charge in [-0.3, -0.25) is 0 Å². The maximum atomic E-state index is 8.82. The SMILES string of the molecule is CC(C)CCCCNCCC(C)(C)C#N. The van der Waals surface area contributed by atoms with E-state index in [2.05, 4.69) is 25.2 Å². The topological polar surface area (TPSA) is 35.8 Å². The van der Waals surface area contributed by atoms with Gasteiger partial charge in [0, 0.05) is 0 Å². The van der Waals surface area contributed by atoms with Crippen molar-refractivity contribution >= 4 is 0 Å². The van der Waals surface area contributed by atoms with Gasteiger partial charge >= 0.3 is 0 Å². The Hall–Kier alpha value is -0.550. The normalized spacial score (nSPS) is 11.7. The number of nitriles is 1. The third kappa shape index (κ3) is 9.75. The summed E-state index contributed by atoms with van der Waals surface area (Å²) in [6.07, 6.45) is 4.83. The first-order chi connectivity index (χ1) is 6.98. The fourth-order valence-corrected chi connectivity index (χ4v) is 1.38. The summed E-state index contributed by atoms with van der Waals surface area (Å²) in [6.45, 7) is 10.6. The monoisotopic (exact) mass is 210 g/mol. The van der Waals surface area contributed by atoms with E-state index < -0.39 is 0 Å². The number of nitrogens with zero attached hydrogens (tertiary/aromatic N) is 1. The van der Waals surface area contributed by atoms with Gasteiger partial charge in [0.2, 0.25) is 0 Å². The van der Waals surface area contributed by atoms with Crippen LogP contribution >= 0.6 is 0 Å². The lowest BCUT2D eigenvalue weighted by molar-refractivity contribution is 0.427. The zero-order chi connectivity index (χ0) is 11.7. The van der Waals surface area contributed by atoms with Crippen LogP contribution < -0.4 is 5.32 Å². The average Bonchev–Trinajstić information content (AvgIpc) is 2.16. The molecule has 0 amide bonds. The molecule has 0 aromatic heterocycles. The predicted octanol–water partition coefficient (Wildman–Crippen LogP) is 3.34. The molecule has 0 bridgehead atoms. The molecule has 0 spiro atoms. The molecule has 0 atom stereocenters. The van der Waals surface area contributed by atoms with E-state index in [0.717, 1.165) is 25.4 Å². The van der Waals surface area contributed by atoms with Crippen LogP contribution in [0.25, 0.3) is 0 Å². The van der Waals surface area contributed by atoms with E-state index in [0.29, 0.717) is 0 Å². The Morgan fingerprint density at radius 3 is 2.40 bits per heavy atom. The Bertz CT molecular complexity index is 189. The third-order valence-electron chi connectivity index (χ3n) is 2.61. The number of unbranched alkanes of at least 4 members (excludes halogenated alkanes) is 1. The molecule has 88 valence electrons. The van der Waals surface area contributed by atoms with Crippen molar-refractivity contribution in [2.24, 2.45) is 11.3 Å². The van der Waals surface area contributed by atoms with Gasteiger partial charge in [-0.05, 0) is 45.7 Å². The summed E-state index contributed by atoms with van der Waals surface area (Å²) < 4.78 is 0. The van der Waals surface area contributed by atoms with Crippen LogP contribution in [0.3, 0.4) is 0 Å². The molecular weight excluding hydrogens is 184 g/mol. The van der Waals surface area contributed by atoms with Gasteiger partial charge in [-0.25, -0.2) is 0 Å². The molecule has 2 heteroatoms. The van der Waals surface area contributed by atoms with Gasteiger partial charge in [0.1, 0.15) is 0 Å². The molecule has 0 aliphatic carbocycles. The Morgan fingerprint density at radius 2 is 1.87 bits per heavy atom. The van der Waals surface area contributed by atoms with E-state index in [1.54, 1.807) is 0 Å². The summed E-state index contributed by atoms with van der Waals surface area (Å²) in [5.41, 5.74) is -0.176. The maximum absolute atomic E-state index is 8.82. The Kier molecular flexibility index (Phi) is 7.42. The lowest BCUT2D eigenvalue weighted by Gasteiger charge is -2.15. The lowest BCUT2D eigenvalue weighted by Crippen LogP contribution is -2.22. The quantitative estimate of drug-likeness (QED) is 0.624. The number of nitrogens with one attached hydrogen (secondary N) is 1. The summed E-state index contributed by atoms with van der Waals surface area (Å²) >= 11 is 0. The van der Waals surface area contributed by atoms with Crippen molar-refractivity contribution in [2.45, 2.75) is 53.4 Å². The molecule has 1 N–H and O–H groups in total. The molecule has 0 heterocycles. The second kappa shape index (κ2) is 7.70. The van der Waals surface area contributed by atoms with E-state index in [1.165, 1.54) is 19.3 Å². The Balaban J connectivity index is 3.23. The summed E-state index contributed by atoms with van der Waals surface area (Å²) in [4.78, 5) is 0. The second-order valence-corrected chi connectivity index (χ2v) is 5.39. The summed E-state index contributed by atoms with van der Waals surface area (Å²) in [7, 11) is 0. The predicted molar refractivity (Wildman–Crippen MR) is 65.6 cm³/mol. The van der Waals surface area contributed by atoms with Gasteiger partial charge < -0.3 is 5.32 Å². The largest absolute Gasteiger partial charge is 0.317 e. The smallest absolute Gasteiger partial charge is 0.0684 e. The lowest BCUT2D eigenvalue weighted by atomic mass is 9.91. The fourth-order valence-electron chi connectivity index (χ4n) is 1.38. The molecule has 15 heavy (non-hydrogen) atoms. The Morgan fingerprint density at radius 1 is 1.20 bits per heavy atom. The minimum Gasteiger partial charge on any atom is -0.317 e. The molecule has 0 rings (SSSR count). The van der Waals surface area contributed by atoms with Crippen molar-refractivity contribution in [1.29, 1.82) is 5.26 Å². The zero-order valence-electron chi connectivity index (χ0n) is 10.8. The molecular formula is C13H26N2. The van der Waals surface area contributed by atoms with E-state index >= 15 is 0 Å². The van der Waals surface area contributed by atoms with Gasteiger partial charge in [0.05, 0.1) is 11.5 Å². The van der Waals surface area contributed by atoms with Gasteiger partial charge in [-0.1, -0.05) is 26.7 Å². The highest BCUT2D eigenvalue weighted by Gasteiger charge is 2.14. The van der Waals surface area contributed by atoms with Gasteiger partial charge in [-0.15, -0.1) is 0 Å². The number of hydrogen-bond acceptors (Lipinski definition) is 2. The molecule has 2 nitrogen and oxygen atoms in total. The van der Waals surface area contributed by atoms with Crippen LogP contribution in [0.2, 0.25) is 0 Å². The van der Waals surface area contributed by atoms with Crippen LogP contribution in [0.1, 0.15) is 53.4 Å². The number of hydrogen-bond donors (Lipinski definition) is 1. The van der Waals surface area contributed by atoms with Crippen LogP contribution in [-0.4, -0.2) is 13.1 Å². The van der Waals surface area contributed by atoms with Gasteiger partial charge in [0.25, 0.3) is 0 Å². The summed E-state index contributed by atoms with van der Waals surface area (Å²) in [5.74, 6) is 0.822. The molecule has 0 aromatic rings. The first kappa shape index (κ1) is 14.5. The fraction of sp³-hybridized carbons (Fsp3) is 0.923. The second-order valence-electron chi connectivity index (χ2n) is 5.39. The zero-order valence-corrected chi connectivity index (χ0v) is 10.8. The standard InChI is InChI=1S/C13H26N2/c1-12(2)7-5-6-9-15-10-8-13(3,4)11-14/h12,15H,5-10H2,1-4H3. The van der Waals surface area contributed by atoms with Crippen molar-refractivity contribution in [2.75, 3.05) is 13.1 Å². The molecule has 0 aliphatic heterocycles. The highest BCUT2D eigenvalue weighted by atomic mass is 14.8. The molecule has 0 saturated heterocycles. The van der Waals surface area contributed by atoms with Gasteiger partial charge in [-0.2, -0.15) is 5.26 Å². The van der Waals surface area contributed by atoms with Crippen molar-refractivity contribution in [3.63, 3.8) is 0 Å². The molecule has 0 saturated carbocycles. The van der Waals surface area contributed by atoms with E-state index in [-0.39, 0.29) is 5.41 Å². The van der Waals surface area contributed by atoms with Crippen LogP contribution in [0.15, 0.2) is 0 Å². The first-order valence-electron chi connectivity index (χ1n) is 6.10. The average molecular weight is 210 g/mol. The maximum Gasteiger partial charge on any atom is 0.0684 e. The molecule has 0 unspecified atom stereocenters. The highest BCUT2D eigenvalue weighted by Crippen LogP contribution is 2.17. The third-order valence-corrected chi connectivity index (χ3v) is 2.61. The van der Waals surface area contributed by atoms with Gasteiger partial charge in [0.15, 0.2) is 0 Å². The minimum atomic E-state index is -0.176. The molecule has 0 aromatic carbocycles. The minimum absolute atomic E-state index is 0.176. The molecule has 0 radical (unpaired) electrons. The molecule has 0 aliphatic rings. The van der Waals surface area contributed by atoms with Crippen molar-refractivity contribution in [1.82, 2.24) is 5.32 Å². The van der Waals surface area contributed by atoms with Crippen molar-refractivity contribution in [3.8, 4) is 6.07 Å². The van der Waals surface area contributed by atoms with Crippen LogP contribution in [-0.2, 0) is 0 Å². The van der Waals surface area contributed by atoms with Crippen molar-refractivity contribution < 1.29 is 0 Å². The summed E-state index contributed by atoms with van der Waals surface area (Å²) in [5, 5.41) is 12.2. The Labute approximate surface area is 95.1 Å². The molecule has 0 fully saturated rings. The van der Waals surface area contributed by atoms with Crippen LogP contribution in [0.4, 0.5) is 0 Å². The summed E-state index contributed by atoms with van der Waals surface area (Å²) in [6, 6.07) is 2.32. The van der Waals surface area contributed by atoms with E-state index in [4.69, 9.17) is 5.26 Å².